The number of piperidine rings is 1. The molecule has 4 aromatic rings. The van der Waals surface area contributed by atoms with Crippen LogP contribution in [0.2, 0.25) is 0 Å². The second kappa shape index (κ2) is 41.1. The van der Waals surface area contributed by atoms with E-state index in [-0.39, 0.29) is 59.5 Å². The van der Waals surface area contributed by atoms with Gasteiger partial charge in [0.25, 0.3) is 23.6 Å². The lowest BCUT2D eigenvalue weighted by Crippen LogP contribution is -2.49. The Morgan fingerprint density at radius 1 is 0.360 bits per heavy atom. The Bertz CT molecular complexity index is 3190. The molecule has 1 saturated heterocycles. The summed E-state index contributed by atoms with van der Waals surface area (Å²) in [7, 11) is 0. The van der Waals surface area contributed by atoms with Gasteiger partial charge >= 0.3 is 0 Å². The number of carbonyl (C=O) groups excluding carboxylic acids is 6. The molecule has 10 rings (SSSR count). The molecule has 114 heavy (non-hydrogen) atoms. The summed E-state index contributed by atoms with van der Waals surface area (Å²) in [6.45, 7) is 62.2. The number of nitrogens with zero attached hydrogens (tertiary/aromatic N) is 7. The number of rotatable bonds is 16. The highest BCUT2D eigenvalue weighted by atomic mass is 16.2. The topological polar surface area (TPSA) is 243 Å². The first-order valence-electron chi connectivity index (χ1n) is 44.3. The van der Waals surface area contributed by atoms with Crippen molar-refractivity contribution in [3.05, 3.63) is 109 Å². The van der Waals surface area contributed by atoms with Gasteiger partial charge in [-0.05, 0) is 255 Å². The van der Waals surface area contributed by atoms with Gasteiger partial charge < -0.3 is 31.5 Å². The minimum Gasteiger partial charge on any atom is -0.353 e. The van der Waals surface area contributed by atoms with Gasteiger partial charge in [0, 0.05) is 98.4 Å². The molecule has 5 saturated carbocycles. The van der Waals surface area contributed by atoms with Crippen LogP contribution in [-0.2, 0) is 9.59 Å². The number of hydrogen-bond donors (Lipinski definition) is 5. The number of hydrogen-bond acceptors (Lipinski definition) is 12. The zero-order valence-electron chi connectivity index (χ0n) is 76.2. The van der Waals surface area contributed by atoms with Gasteiger partial charge in [-0.2, -0.15) is 0 Å². The molecular weight excluding hydrogens is 1420 g/mol. The lowest BCUT2D eigenvalue weighted by atomic mass is 9.54. The molecule has 6 fully saturated rings. The summed E-state index contributed by atoms with van der Waals surface area (Å²) in [6, 6.07) is 12.1. The molecule has 0 radical (unpaired) electrons. The molecule has 1 aliphatic heterocycles. The van der Waals surface area contributed by atoms with Crippen molar-refractivity contribution in [2.45, 2.75) is 358 Å². The Kier molecular flexibility index (Phi) is 34.7. The predicted octanol–water partition coefficient (Wildman–Crippen LogP) is 20.9. The summed E-state index contributed by atoms with van der Waals surface area (Å²) in [5.41, 5.74) is 5.42. The molecular formula is C96H158N12O6. The summed E-state index contributed by atoms with van der Waals surface area (Å²) in [6.07, 6.45) is 37.3. The van der Waals surface area contributed by atoms with Gasteiger partial charge in [-0.25, -0.2) is 15.0 Å². The van der Waals surface area contributed by atoms with Crippen LogP contribution in [0.4, 0.5) is 0 Å². The maximum atomic E-state index is 12.7. The van der Waals surface area contributed by atoms with Crippen LogP contribution in [0.5, 0.6) is 0 Å². The molecule has 5 heterocycles. The van der Waals surface area contributed by atoms with Gasteiger partial charge in [0.2, 0.25) is 11.8 Å². The summed E-state index contributed by atoms with van der Waals surface area (Å²) >= 11 is 0. The van der Waals surface area contributed by atoms with Gasteiger partial charge in [0.15, 0.2) is 0 Å². The molecule has 0 atom stereocenters. The Labute approximate surface area is 691 Å². The molecule has 4 aromatic heterocycles. The van der Waals surface area contributed by atoms with Gasteiger partial charge in [0.05, 0.1) is 6.20 Å². The average Bonchev–Trinajstić information content (AvgIpc) is 0.795. The van der Waals surface area contributed by atoms with Crippen molar-refractivity contribution in [2.75, 3.05) is 13.1 Å². The molecule has 6 aliphatic rings. The number of likely N-dealkylation sites (tertiary alicyclic amines) is 1. The van der Waals surface area contributed by atoms with E-state index < -0.39 is 0 Å². The third kappa shape index (κ3) is 24.5. The van der Waals surface area contributed by atoms with Crippen LogP contribution in [0.15, 0.2) is 86.1 Å². The first-order valence-corrected chi connectivity index (χ1v) is 44.3. The van der Waals surface area contributed by atoms with E-state index in [9.17, 15) is 28.8 Å². The monoisotopic (exact) mass is 1580 g/mol. The lowest BCUT2D eigenvalue weighted by molar-refractivity contribution is -0.135. The maximum Gasteiger partial charge on any atom is 0.271 e. The van der Waals surface area contributed by atoms with Crippen molar-refractivity contribution in [3.63, 3.8) is 0 Å². The molecule has 18 heteroatoms. The molecule has 6 amide bonds. The average molecular weight is 1580 g/mol. The molecule has 5 aliphatic carbocycles. The van der Waals surface area contributed by atoms with E-state index >= 15 is 0 Å². The summed E-state index contributed by atoms with van der Waals surface area (Å²) in [4.78, 5) is 99.2. The highest BCUT2D eigenvalue weighted by molar-refractivity contribution is 5.94. The van der Waals surface area contributed by atoms with Gasteiger partial charge in [0.1, 0.15) is 23.4 Å². The fraction of sp³-hybridized carbons (Fsp3) is 0.750. The van der Waals surface area contributed by atoms with Gasteiger partial charge in [-0.3, -0.25) is 43.7 Å². The SMILES string of the molecule is CC(C)C1(C(C)(C)C)CCC(NC(=O)c2ccccn2)CC1.CC(C)C1(C(C)(C)C)CCC(NC(=O)c2ccncc2)CC1.CC(C)C1(C(C)(C)C)CCC(NC(=O)c2ccncn2)CC1.CC(C)C1(C(C)(C)C)CCC(NC(=O)c2cnccn2)CC1.CCC(=O)N1CCC(C(=O)NC2CCC(C(C)C)(C(C)(C)C)CC2)CC1. The second-order valence-electron chi connectivity index (χ2n) is 41.7. The molecule has 18 nitrogen and oxygen atoms in total. The Morgan fingerprint density at radius 3 is 0.965 bits per heavy atom. The smallest absolute Gasteiger partial charge is 0.271 e. The molecule has 0 unspecified atom stereocenters. The quantitative estimate of drug-likeness (QED) is 0.0703. The molecule has 0 spiro atoms. The number of aromatic nitrogens is 6. The van der Waals surface area contributed by atoms with E-state index in [4.69, 9.17) is 0 Å². The number of carbonyl (C=O) groups is 6. The van der Waals surface area contributed by atoms with Crippen LogP contribution in [-0.4, -0.2) is 114 Å². The highest BCUT2D eigenvalue weighted by Gasteiger charge is 2.52. The predicted molar refractivity (Wildman–Crippen MR) is 465 cm³/mol. The van der Waals surface area contributed by atoms with Crippen LogP contribution in [0.25, 0.3) is 0 Å². The third-order valence-electron chi connectivity index (χ3n) is 30.0. The van der Waals surface area contributed by atoms with Crippen molar-refractivity contribution in [3.8, 4) is 0 Å². The zero-order chi connectivity index (χ0) is 85.1. The van der Waals surface area contributed by atoms with E-state index in [0.717, 1.165) is 90.1 Å². The summed E-state index contributed by atoms with van der Waals surface area (Å²) in [5, 5.41) is 15.9. The number of nitrogens with one attached hydrogen (secondary N) is 5. The van der Waals surface area contributed by atoms with E-state index in [0.29, 0.717) is 125 Å². The molecule has 0 bridgehead atoms. The molecule has 0 aromatic carbocycles. The van der Waals surface area contributed by atoms with Crippen molar-refractivity contribution in [1.82, 2.24) is 61.4 Å². The van der Waals surface area contributed by atoms with E-state index in [2.05, 4.69) is 230 Å². The van der Waals surface area contributed by atoms with Crippen molar-refractivity contribution >= 4 is 35.4 Å². The summed E-state index contributed by atoms with van der Waals surface area (Å²) in [5.74, 6) is 3.62. The minimum atomic E-state index is -0.106. The fourth-order valence-electron chi connectivity index (χ4n) is 22.2. The molecule has 5 N–H and O–H groups in total. The fourth-order valence-corrected chi connectivity index (χ4v) is 22.2. The van der Waals surface area contributed by atoms with Gasteiger partial charge in [-0.15, -0.1) is 0 Å². The van der Waals surface area contributed by atoms with Crippen LogP contribution >= 0.6 is 0 Å². The van der Waals surface area contributed by atoms with Gasteiger partial charge in [-0.1, -0.05) is 186 Å². The normalized spacial score (nSPS) is 26.5. The highest BCUT2D eigenvalue weighted by Crippen LogP contribution is 2.59. The first-order chi connectivity index (χ1) is 53.1. The van der Waals surface area contributed by atoms with Crippen LogP contribution in [0.1, 0.15) is 370 Å². The Morgan fingerprint density at radius 2 is 0.675 bits per heavy atom. The lowest BCUT2D eigenvalue weighted by Gasteiger charge is -2.52. The first kappa shape index (κ1) is 96.1. The third-order valence-corrected chi connectivity index (χ3v) is 30.0. The zero-order valence-corrected chi connectivity index (χ0v) is 76.2. The van der Waals surface area contributed by atoms with E-state index in [1.54, 1.807) is 61.4 Å². The maximum absolute atomic E-state index is 12.7. The van der Waals surface area contributed by atoms with Crippen LogP contribution < -0.4 is 26.6 Å². The number of amides is 6. The van der Waals surface area contributed by atoms with Crippen LogP contribution in [0, 0.1) is 89.7 Å². The standard InChI is InChI=1S/C22H40N2O2.2C19H30N2O.2C18H29N3O/c1-7-19(25)24-14-10-17(11-15-24)20(26)23-18-8-12-22(13-9-18,16(2)3)21(4,5)6;1-14(2)19(18(3,4)5)10-6-16(7-11-19)21-17(22)15-8-12-20-13-9-15;1-14(2)19(18(3,4)5)11-9-15(10-12-19)21-17(22)16-8-6-7-13-20-16;1-13(2)18(17(3,4)5)9-6-14(7-10-18)21-16(22)15-8-11-19-12-20-15;1-13(2)18(17(3,4)5)8-6-14(7-9-18)21-16(22)15-12-19-10-11-20-15/h16-18H,7-15H2,1-6H3,(H,23,26);8-9,12-14,16H,6-7,10-11H2,1-5H3,(H,21,22);6-8,13-15H,9-12H2,1-5H3,(H,21,22);8,11-14H,6-7,9-10H2,1-5H3,(H,21,22);10-14H,6-9H2,1-5H3,(H,21,22). The minimum absolute atomic E-state index is 0.0280. The van der Waals surface area contributed by atoms with E-state index in [1.165, 1.54) is 76.7 Å². The molecule has 638 valence electrons. The van der Waals surface area contributed by atoms with E-state index in [1.807, 2.05) is 24.0 Å². The van der Waals surface area contributed by atoms with Crippen molar-refractivity contribution in [1.29, 1.82) is 0 Å². The van der Waals surface area contributed by atoms with Crippen LogP contribution in [0.3, 0.4) is 0 Å². The van der Waals surface area contributed by atoms with Crippen molar-refractivity contribution < 1.29 is 28.8 Å². The Balaban J connectivity index is 0.000000222. The summed E-state index contributed by atoms with van der Waals surface area (Å²) < 4.78 is 0. The Hall–Kier alpha value is -6.72. The van der Waals surface area contributed by atoms with Crippen molar-refractivity contribution in [2.24, 2.45) is 89.7 Å². The largest absolute Gasteiger partial charge is 0.353 e. The second-order valence-corrected chi connectivity index (χ2v) is 41.7. The number of pyridine rings is 2.